The number of hydrogen-bond donors (Lipinski definition) is 0. The molecule has 1 saturated heterocycles. The minimum Gasteiger partial charge on any atom is -0.459 e. The Bertz CT molecular complexity index is 910. The van der Waals surface area contributed by atoms with E-state index in [1.165, 1.54) is 6.26 Å². The van der Waals surface area contributed by atoms with Crippen LogP contribution in [0, 0.1) is 0 Å². The number of ketones is 1. The van der Waals surface area contributed by atoms with Crippen molar-refractivity contribution in [2.45, 2.75) is 25.8 Å². The van der Waals surface area contributed by atoms with Gasteiger partial charge in [-0.05, 0) is 37.6 Å². The topological polar surface area (TPSA) is 79.0 Å². The fourth-order valence-electron chi connectivity index (χ4n) is 4.16. The van der Waals surface area contributed by atoms with Crippen molar-refractivity contribution in [3.8, 4) is 0 Å². The monoisotopic (exact) mass is 412 g/mol. The Morgan fingerprint density at radius 1 is 1.03 bits per heavy atom. The zero-order valence-electron chi connectivity index (χ0n) is 17.4. The Balaban J connectivity index is 1.24. The Morgan fingerprint density at radius 2 is 1.80 bits per heavy atom. The van der Waals surface area contributed by atoms with Crippen LogP contribution >= 0.6 is 0 Å². The second-order valence-corrected chi connectivity index (χ2v) is 7.99. The number of carbonyl (C=O) groups is 3. The Hall–Kier alpha value is -2.87. The van der Waals surface area contributed by atoms with Crippen molar-refractivity contribution in [3.63, 3.8) is 0 Å². The molecule has 2 aliphatic rings. The summed E-state index contributed by atoms with van der Waals surface area (Å²) in [5.74, 6) is 0.326. The lowest BCUT2D eigenvalue weighted by atomic mass is 10.1. The van der Waals surface area contributed by atoms with Gasteiger partial charge in [-0.2, -0.15) is 0 Å². The second-order valence-electron chi connectivity index (χ2n) is 7.99. The van der Waals surface area contributed by atoms with Crippen LogP contribution in [0.4, 0.5) is 0 Å². The second kappa shape index (κ2) is 8.87. The molecule has 2 aromatic heterocycles. The maximum absolute atomic E-state index is 12.6. The Kier molecular flexibility index (Phi) is 6.03. The zero-order valence-corrected chi connectivity index (χ0v) is 17.4. The molecule has 0 unspecified atom stereocenters. The molecule has 0 N–H and O–H groups in total. The summed E-state index contributed by atoms with van der Waals surface area (Å²) >= 11 is 0. The number of hydrogen-bond acceptors (Lipinski definition) is 5. The normalized spacial score (nSPS) is 17.9. The van der Waals surface area contributed by atoms with Crippen LogP contribution in [-0.2, 0) is 6.54 Å². The predicted octanol–water partition coefficient (Wildman–Crippen LogP) is 1.98. The van der Waals surface area contributed by atoms with E-state index in [-0.39, 0.29) is 17.6 Å². The number of rotatable bonds is 6. The van der Waals surface area contributed by atoms with E-state index < -0.39 is 0 Å². The average molecular weight is 412 g/mol. The summed E-state index contributed by atoms with van der Waals surface area (Å²) < 4.78 is 7.13. The first kappa shape index (κ1) is 20.4. The van der Waals surface area contributed by atoms with Crippen molar-refractivity contribution in [1.82, 2.24) is 19.3 Å². The number of fused-ring (bicyclic) bond motifs is 1. The molecule has 0 atom stereocenters. The van der Waals surface area contributed by atoms with Gasteiger partial charge in [-0.3, -0.25) is 19.3 Å². The summed E-state index contributed by atoms with van der Waals surface area (Å²) in [6.45, 7) is 5.26. The van der Waals surface area contributed by atoms with Gasteiger partial charge in [0.1, 0.15) is 5.69 Å². The maximum atomic E-state index is 12.6. The number of aryl methyl sites for hydroxylation is 1. The largest absolute Gasteiger partial charge is 0.459 e. The molecule has 1 fully saturated rings. The lowest BCUT2D eigenvalue weighted by molar-refractivity contribution is 0.0603. The summed E-state index contributed by atoms with van der Waals surface area (Å²) in [6.07, 6.45) is 5.69. The van der Waals surface area contributed by atoms with Gasteiger partial charge in [-0.25, -0.2) is 0 Å². The molecular formula is C22H28N4O4. The van der Waals surface area contributed by atoms with Crippen molar-refractivity contribution in [2.24, 2.45) is 0 Å². The molecule has 0 radical (unpaired) electrons. The van der Waals surface area contributed by atoms with Gasteiger partial charge in [-0.1, -0.05) is 0 Å². The van der Waals surface area contributed by atoms with Crippen LogP contribution in [0.25, 0.3) is 0 Å². The number of nitrogens with zero attached hydrogens (tertiary/aromatic N) is 4. The molecule has 2 aliphatic heterocycles. The third-order valence-corrected chi connectivity index (χ3v) is 6.00. The Labute approximate surface area is 176 Å². The molecule has 0 aromatic carbocycles. The van der Waals surface area contributed by atoms with Crippen LogP contribution in [-0.4, -0.2) is 83.2 Å². The summed E-state index contributed by atoms with van der Waals surface area (Å²) in [4.78, 5) is 43.0. The molecule has 30 heavy (non-hydrogen) atoms. The summed E-state index contributed by atoms with van der Waals surface area (Å²) in [5.41, 5.74) is 1.09. The lowest BCUT2D eigenvalue weighted by Crippen LogP contribution is -2.48. The zero-order chi connectivity index (χ0) is 21.1. The number of amides is 2. The first-order chi connectivity index (χ1) is 14.5. The molecule has 4 rings (SSSR count). The predicted molar refractivity (Wildman–Crippen MR) is 111 cm³/mol. The lowest BCUT2D eigenvalue weighted by Gasteiger charge is -2.34. The van der Waals surface area contributed by atoms with E-state index >= 15 is 0 Å². The van der Waals surface area contributed by atoms with Crippen molar-refractivity contribution in [3.05, 3.63) is 47.7 Å². The standard InChI is InChI=1S/C22H28N4O4/c1-23-10-7-18(27)17-6-11-25(20(17)22(23)29)9-3-2-8-24-12-14-26(15-13-24)21(28)19-5-4-16-30-19/h4-6,11,16H,2-3,7-10,12-15H2,1H3. The molecule has 8 heteroatoms. The van der Waals surface area contributed by atoms with Gasteiger partial charge in [0.05, 0.1) is 6.26 Å². The first-order valence-corrected chi connectivity index (χ1v) is 10.6. The van der Waals surface area contributed by atoms with Gasteiger partial charge < -0.3 is 18.8 Å². The highest BCUT2D eigenvalue weighted by Crippen LogP contribution is 2.20. The van der Waals surface area contributed by atoms with Gasteiger partial charge in [0.25, 0.3) is 11.8 Å². The minimum atomic E-state index is -0.0711. The van der Waals surface area contributed by atoms with Gasteiger partial charge in [-0.15, -0.1) is 0 Å². The molecule has 0 spiro atoms. The van der Waals surface area contributed by atoms with Gasteiger partial charge in [0.15, 0.2) is 11.5 Å². The smallest absolute Gasteiger partial charge is 0.289 e. The molecule has 160 valence electrons. The van der Waals surface area contributed by atoms with E-state index in [2.05, 4.69) is 4.90 Å². The number of aromatic nitrogens is 1. The van der Waals surface area contributed by atoms with E-state index in [1.54, 1.807) is 30.1 Å². The van der Waals surface area contributed by atoms with E-state index in [0.717, 1.165) is 39.0 Å². The third kappa shape index (κ3) is 4.18. The number of carbonyl (C=O) groups excluding carboxylic acids is 3. The summed E-state index contributed by atoms with van der Waals surface area (Å²) in [5, 5.41) is 0. The number of piperazine rings is 1. The van der Waals surface area contributed by atoms with Crippen LogP contribution in [0.5, 0.6) is 0 Å². The quantitative estimate of drug-likeness (QED) is 0.678. The molecule has 8 nitrogen and oxygen atoms in total. The van der Waals surface area contributed by atoms with Crippen LogP contribution in [0.3, 0.4) is 0 Å². The summed E-state index contributed by atoms with van der Waals surface area (Å²) in [6, 6.07) is 5.21. The van der Waals surface area contributed by atoms with Crippen LogP contribution in [0.15, 0.2) is 35.1 Å². The highest BCUT2D eigenvalue weighted by atomic mass is 16.3. The van der Waals surface area contributed by atoms with Gasteiger partial charge >= 0.3 is 0 Å². The molecule has 4 heterocycles. The third-order valence-electron chi connectivity index (χ3n) is 6.00. The molecule has 0 saturated carbocycles. The van der Waals surface area contributed by atoms with E-state index in [0.29, 0.717) is 43.1 Å². The van der Waals surface area contributed by atoms with Crippen molar-refractivity contribution in [1.29, 1.82) is 0 Å². The van der Waals surface area contributed by atoms with E-state index in [1.807, 2.05) is 15.7 Å². The molecule has 0 aliphatic carbocycles. The van der Waals surface area contributed by atoms with Crippen molar-refractivity contribution >= 4 is 17.6 Å². The van der Waals surface area contributed by atoms with Crippen LogP contribution in [0.1, 0.15) is 50.7 Å². The van der Waals surface area contributed by atoms with Gasteiger partial charge in [0.2, 0.25) is 0 Å². The fourth-order valence-corrected chi connectivity index (χ4v) is 4.16. The number of furan rings is 1. The van der Waals surface area contributed by atoms with E-state index in [4.69, 9.17) is 4.42 Å². The van der Waals surface area contributed by atoms with Crippen LogP contribution < -0.4 is 0 Å². The minimum absolute atomic E-state index is 0.0443. The van der Waals surface area contributed by atoms with Crippen molar-refractivity contribution in [2.75, 3.05) is 46.3 Å². The number of unbranched alkanes of at least 4 members (excludes halogenated alkanes) is 1. The SMILES string of the molecule is CN1CCC(=O)c2ccn(CCCCN3CCN(C(=O)c4ccco4)CC3)c2C1=O. The molecular weight excluding hydrogens is 384 g/mol. The highest BCUT2D eigenvalue weighted by Gasteiger charge is 2.28. The summed E-state index contributed by atoms with van der Waals surface area (Å²) in [7, 11) is 1.75. The number of Topliss-reactive ketones (excluding diaryl/α,β-unsaturated/α-hetero) is 1. The van der Waals surface area contributed by atoms with Crippen molar-refractivity contribution < 1.29 is 18.8 Å². The average Bonchev–Trinajstić information content (AvgIpc) is 3.42. The highest BCUT2D eigenvalue weighted by molar-refractivity contribution is 6.08. The fraction of sp³-hybridized carbons (Fsp3) is 0.500. The molecule has 2 amide bonds. The molecule has 2 aromatic rings. The maximum Gasteiger partial charge on any atom is 0.289 e. The molecule has 0 bridgehead atoms. The van der Waals surface area contributed by atoms with E-state index in [9.17, 15) is 14.4 Å². The van der Waals surface area contributed by atoms with Gasteiger partial charge in [0, 0.05) is 64.5 Å². The first-order valence-electron chi connectivity index (χ1n) is 10.6. The van der Waals surface area contributed by atoms with Crippen LogP contribution in [0.2, 0.25) is 0 Å². The Morgan fingerprint density at radius 3 is 2.53 bits per heavy atom.